The fourth-order valence-corrected chi connectivity index (χ4v) is 3.19. The van der Waals surface area contributed by atoms with Crippen molar-refractivity contribution in [2.45, 2.75) is 84.0 Å². The van der Waals surface area contributed by atoms with Crippen molar-refractivity contribution in [2.75, 3.05) is 0 Å². The molecule has 0 radical (unpaired) electrons. The minimum absolute atomic E-state index is 0.285. The molecule has 0 aliphatic heterocycles. The van der Waals surface area contributed by atoms with Gasteiger partial charge in [0.05, 0.1) is 12.8 Å². The first kappa shape index (κ1) is 24.5. The van der Waals surface area contributed by atoms with Crippen LogP contribution in [0, 0.1) is 11.8 Å². The molecule has 29 heavy (non-hydrogen) atoms. The summed E-state index contributed by atoms with van der Waals surface area (Å²) in [5, 5.41) is 18.0. The van der Waals surface area contributed by atoms with E-state index in [0.29, 0.717) is 5.57 Å². The predicted molar refractivity (Wildman–Crippen MR) is 118 cm³/mol. The van der Waals surface area contributed by atoms with E-state index in [1.165, 1.54) is 51.4 Å². The summed E-state index contributed by atoms with van der Waals surface area (Å²) >= 11 is 0. The maximum Gasteiger partial charge on any atom is 0.307 e. The van der Waals surface area contributed by atoms with Crippen molar-refractivity contribution in [3.8, 4) is 11.8 Å². The van der Waals surface area contributed by atoms with Gasteiger partial charge in [-0.25, -0.2) is 0 Å². The summed E-state index contributed by atoms with van der Waals surface area (Å²) in [6.07, 6.45) is 13.4. The Kier molecular flexibility index (Phi) is 13.0. The first-order chi connectivity index (χ1) is 14.0. The van der Waals surface area contributed by atoms with Crippen LogP contribution >= 0.6 is 0 Å². The van der Waals surface area contributed by atoms with E-state index in [0.717, 1.165) is 24.0 Å². The molecule has 0 unspecified atom stereocenters. The van der Waals surface area contributed by atoms with Crippen LogP contribution in [0.5, 0.6) is 0 Å². The molecule has 0 aliphatic rings. The summed E-state index contributed by atoms with van der Waals surface area (Å²) in [4.78, 5) is 22.0. The van der Waals surface area contributed by atoms with Crippen molar-refractivity contribution in [1.29, 1.82) is 0 Å². The molecule has 0 aromatic heterocycles. The average molecular weight is 399 g/mol. The number of carbonyl (C=O) groups is 2. The highest BCUT2D eigenvalue weighted by molar-refractivity contribution is 5.79. The molecular formula is C25H34O4. The molecule has 0 atom stereocenters. The van der Waals surface area contributed by atoms with Crippen LogP contribution in [0.15, 0.2) is 29.8 Å². The molecule has 1 rings (SSSR count). The number of carboxylic acids is 2. The second kappa shape index (κ2) is 15.4. The third kappa shape index (κ3) is 12.5. The monoisotopic (exact) mass is 398 g/mol. The van der Waals surface area contributed by atoms with E-state index in [1.54, 1.807) is 6.08 Å². The Labute approximate surface area is 175 Å². The Morgan fingerprint density at radius 3 is 2.00 bits per heavy atom. The minimum Gasteiger partial charge on any atom is -0.481 e. The van der Waals surface area contributed by atoms with Crippen molar-refractivity contribution in [3.63, 3.8) is 0 Å². The van der Waals surface area contributed by atoms with Gasteiger partial charge >= 0.3 is 11.9 Å². The van der Waals surface area contributed by atoms with E-state index in [2.05, 4.69) is 18.8 Å². The number of carboxylic acid groups (broad SMARTS) is 2. The molecule has 1 aromatic rings. The highest BCUT2D eigenvalue weighted by Gasteiger charge is 2.09. The molecule has 0 aliphatic carbocycles. The zero-order valence-corrected chi connectivity index (χ0v) is 17.6. The van der Waals surface area contributed by atoms with Crippen molar-refractivity contribution < 1.29 is 19.8 Å². The number of rotatable bonds is 14. The number of hydrogen-bond donors (Lipinski definition) is 2. The van der Waals surface area contributed by atoms with E-state index in [-0.39, 0.29) is 12.8 Å². The van der Waals surface area contributed by atoms with Gasteiger partial charge in [0.25, 0.3) is 0 Å². The zero-order valence-electron chi connectivity index (χ0n) is 17.6. The molecule has 0 bridgehead atoms. The van der Waals surface area contributed by atoms with Gasteiger partial charge in [-0.15, -0.1) is 0 Å². The van der Waals surface area contributed by atoms with Gasteiger partial charge in [0.15, 0.2) is 0 Å². The Bertz CT molecular complexity index is 704. The molecule has 4 nitrogen and oxygen atoms in total. The van der Waals surface area contributed by atoms with E-state index in [4.69, 9.17) is 10.2 Å². The van der Waals surface area contributed by atoms with Gasteiger partial charge in [-0.05, 0) is 23.6 Å². The molecule has 0 heterocycles. The second-order valence-corrected chi connectivity index (χ2v) is 7.41. The van der Waals surface area contributed by atoms with Crippen molar-refractivity contribution >= 4 is 18.0 Å². The lowest BCUT2D eigenvalue weighted by Gasteiger charge is -2.04. The van der Waals surface area contributed by atoms with Crippen molar-refractivity contribution in [3.05, 3.63) is 41.0 Å². The van der Waals surface area contributed by atoms with Gasteiger partial charge in [-0.1, -0.05) is 94.4 Å². The SMILES string of the molecule is CCCCCCCCCCCC#Cc1ccccc1C=C(CC(=O)O)CC(=O)O. The molecule has 158 valence electrons. The van der Waals surface area contributed by atoms with Crippen LogP contribution in [-0.4, -0.2) is 22.2 Å². The van der Waals surface area contributed by atoms with Crippen molar-refractivity contribution in [2.24, 2.45) is 0 Å². The normalized spacial score (nSPS) is 10.1. The third-order valence-electron chi connectivity index (χ3n) is 4.71. The Morgan fingerprint density at radius 1 is 0.862 bits per heavy atom. The molecule has 4 heteroatoms. The molecule has 2 N–H and O–H groups in total. The van der Waals surface area contributed by atoms with Crippen molar-refractivity contribution in [1.82, 2.24) is 0 Å². The Morgan fingerprint density at radius 2 is 1.41 bits per heavy atom. The summed E-state index contributed by atoms with van der Waals surface area (Å²) in [6.45, 7) is 2.24. The molecule has 0 spiro atoms. The van der Waals surface area contributed by atoms with Gasteiger partial charge < -0.3 is 10.2 Å². The van der Waals surface area contributed by atoms with Gasteiger partial charge in [-0.3, -0.25) is 9.59 Å². The number of benzene rings is 1. The molecule has 0 amide bonds. The summed E-state index contributed by atoms with van der Waals surface area (Å²) < 4.78 is 0. The van der Waals surface area contributed by atoms with Gasteiger partial charge in [0.2, 0.25) is 0 Å². The standard InChI is InChI=1S/C25H34O4/c1-2-3-4-5-6-7-8-9-10-11-12-15-22-16-13-14-17-23(22)18-21(19-24(26)27)20-25(28)29/h13-14,16-18H,2-11,19-20H2,1H3,(H,26,27)(H,28,29). The van der Waals surface area contributed by atoms with Crippen LogP contribution in [0.4, 0.5) is 0 Å². The van der Waals surface area contributed by atoms with Gasteiger partial charge in [-0.2, -0.15) is 0 Å². The highest BCUT2D eigenvalue weighted by Crippen LogP contribution is 2.17. The number of hydrogen-bond acceptors (Lipinski definition) is 2. The fourth-order valence-electron chi connectivity index (χ4n) is 3.19. The molecular weight excluding hydrogens is 364 g/mol. The molecule has 1 aromatic carbocycles. The van der Waals surface area contributed by atoms with Crippen LogP contribution in [0.2, 0.25) is 0 Å². The van der Waals surface area contributed by atoms with E-state index in [9.17, 15) is 9.59 Å². The smallest absolute Gasteiger partial charge is 0.307 e. The van der Waals surface area contributed by atoms with E-state index in [1.807, 2.05) is 24.3 Å². The van der Waals surface area contributed by atoms with Crippen LogP contribution in [0.25, 0.3) is 6.08 Å². The Balaban J connectivity index is 2.53. The lowest BCUT2D eigenvalue weighted by Crippen LogP contribution is -2.03. The summed E-state index contributed by atoms with van der Waals surface area (Å²) in [5.41, 5.74) is 1.93. The molecule has 0 saturated heterocycles. The van der Waals surface area contributed by atoms with E-state index < -0.39 is 11.9 Å². The second-order valence-electron chi connectivity index (χ2n) is 7.41. The lowest BCUT2D eigenvalue weighted by atomic mass is 10.0. The summed E-state index contributed by atoms with van der Waals surface area (Å²) in [6, 6.07) is 7.45. The first-order valence-corrected chi connectivity index (χ1v) is 10.7. The van der Waals surface area contributed by atoms with Crippen LogP contribution in [0.1, 0.15) is 95.1 Å². The predicted octanol–water partition coefficient (Wildman–Crippen LogP) is 6.29. The van der Waals surface area contributed by atoms with Crippen LogP contribution in [0.3, 0.4) is 0 Å². The number of unbranched alkanes of at least 4 members (excludes halogenated alkanes) is 9. The minimum atomic E-state index is -1.04. The van der Waals surface area contributed by atoms with E-state index >= 15 is 0 Å². The molecule has 0 saturated carbocycles. The third-order valence-corrected chi connectivity index (χ3v) is 4.71. The number of aliphatic carboxylic acids is 2. The largest absolute Gasteiger partial charge is 0.481 e. The average Bonchev–Trinajstić information content (AvgIpc) is 2.66. The molecule has 0 fully saturated rings. The summed E-state index contributed by atoms with van der Waals surface area (Å²) in [7, 11) is 0. The quantitative estimate of drug-likeness (QED) is 0.285. The maximum absolute atomic E-state index is 11.0. The van der Waals surface area contributed by atoms with Crippen LogP contribution in [-0.2, 0) is 9.59 Å². The van der Waals surface area contributed by atoms with Gasteiger partial charge in [0, 0.05) is 12.0 Å². The van der Waals surface area contributed by atoms with Crippen LogP contribution < -0.4 is 0 Å². The Hall–Kier alpha value is -2.54. The maximum atomic E-state index is 11.0. The highest BCUT2D eigenvalue weighted by atomic mass is 16.4. The topological polar surface area (TPSA) is 74.6 Å². The fraction of sp³-hybridized carbons (Fsp3) is 0.520. The zero-order chi connectivity index (χ0) is 21.3. The lowest BCUT2D eigenvalue weighted by molar-refractivity contribution is -0.136. The van der Waals surface area contributed by atoms with Gasteiger partial charge in [0.1, 0.15) is 0 Å². The summed E-state index contributed by atoms with van der Waals surface area (Å²) in [5.74, 6) is 4.29. The first-order valence-electron chi connectivity index (χ1n) is 10.7.